The maximum atomic E-state index is 12.1. The van der Waals surface area contributed by atoms with Crippen LogP contribution < -0.4 is 5.32 Å². The van der Waals surface area contributed by atoms with Gasteiger partial charge in [0, 0.05) is 19.4 Å². The largest absolute Gasteiger partial charge is 0.317 e. The Hall–Kier alpha value is -2.96. The van der Waals surface area contributed by atoms with Crippen molar-refractivity contribution in [3.63, 3.8) is 0 Å². The smallest absolute Gasteiger partial charge is 0.276 e. The minimum absolute atomic E-state index is 0.288. The molecule has 3 aromatic heterocycles. The SMILES string of the molecule is Cn1ccc(C(=O)Nc2cn[nH]c2-c2ccccn2)n1. The predicted molar refractivity (Wildman–Crippen MR) is 73.0 cm³/mol. The zero-order valence-corrected chi connectivity index (χ0v) is 10.7. The third-order valence-electron chi connectivity index (χ3n) is 2.75. The van der Waals surface area contributed by atoms with Gasteiger partial charge in [-0.1, -0.05) is 6.07 Å². The number of aromatic amines is 1. The van der Waals surface area contributed by atoms with E-state index in [0.717, 1.165) is 0 Å². The summed E-state index contributed by atoms with van der Waals surface area (Å²) in [5, 5.41) is 13.6. The summed E-state index contributed by atoms with van der Waals surface area (Å²) < 4.78 is 1.57. The maximum absolute atomic E-state index is 12.1. The summed E-state index contributed by atoms with van der Waals surface area (Å²) in [7, 11) is 1.76. The number of anilines is 1. The first kappa shape index (κ1) is 12.1. The van der Waals surface area contributed by atoms with E-state index in [2.05, 4.69) is 25.6 Å². The zero-order chi connectivity index (χ0) is 13.9. The molecule has 1 amide bonds. The minimum atomic E-state index is -0.288. The van der Waals surface area contributed by atoms with E-state index in [4.69, 9.17) is 0 Å². The van der Waals surface area contributed by atoms with Crippen molar-refractivity contribution in [3.8, 4) is 11.4 Å². The molecule has 0 radical (unpaired) electrons. The first-order chi connectivity index (χ1) is 9.74. The molecule has 0 bridgehead atoms. The van der Waals surface area contributed by atoms with Crippen molar-refractivity contribution in [2.45, 2.75) is 0 Å². The van der Waals surface area contributed by atoms with Crippen molar-refractivity contribution in [2.24, 2.45) is 7.05 Å². The van der Waals surface area contributed by atoms with Crippen LogP contribution in [0.5, 0.6) is 0 Å². The molecule has 0 aliphatic heterocycles. The summed E-state index contributed by atoms with van der Waals surface area (Å²) in [6.07, 6.45) is 4.94. The quantitative estimate of drug-likeness (QED) is 0.752. The molecule has 0 fully saturated rings. The highest BCUT2D eigenvalue weighted by Gasteiger charge is 2.14. The second-order valence-electron chi connectivity index (χ2n) is 4.20. The molecule has 0 atom stereocenters. The monoisotopic (exact) mass is 268 g/mol. The van der Waals surface area contributed by atoms with E-state index < -0.39 is 0 Å². The number of hydrogen-bond donors (Lipinski definition) is 2. The fraction of sp³-hybridized carbons (Fsp3) is 0.0769. The average Bonchev–Trinajstić information content (AvgIpc) is 3.09. The van der Waals surface area contributed by atoms with Gasteiger partial charge in [-0.15, -0.1) is 0 Å². The molecule has 0 spiro atoms. The Labute approximate surface area is 114 Å². The van der Waals surface area contributed by atoms with E-state index >= 15 is 0 Å². The highest BCUT2D eigenvalue weighted by molar-refractivity contribution is 6.04. The molecule has 100 valence electrons. The van der Waals surface area contributed by atoms with Crippen LogP contribution in [0.1, 0.15) is 10.5 Å². The van der Waals surface area contributed by atoms with Crippen molar-refractivity contribution < 1.29 is 4.79 Å². The maximum Gasteiger partial charge on any atom is 0.276 e. The molecule has 0 saturated carbocycles. The molecular weight excluding hydrogens is 256 g/mol. The second-order valence-corrected chi connectivity index (χ2v) is 4.20. The number of aromatic nitrogens is 5. The van der Waals surface area contributed by atoms with Crippen LogP contribution in [0.2, 0.25) is 0 Å². The molecule has 2 N–H and O–H groups in total. The zero-order valence-electron chi connectivity index (χ0n) is 10.7. The predicted octanol–water partition coefficient (Wildman–Crippen LogP) is 1.46. The molecule has 0 unspecified atom stereocenters. The number of H-pyrrole nitrogens is 1. The molecule has 0 saturated heterocycles. The normalized spacial score (nSPS) is 10.4. The lowest BCUT2D eigenvalue weighted by atomic mass is 10.2. The van der Waals surface area contributed by atoms with Crippen LogP contribution in [0.15, 0.2) is 42.9 Å². The third kappa shape index (κ3) is 2.28. The fourth-order valence-corrected chi connectivity index (χ4v) is 1.81. The van der Waals surface area contributed by atoms with Crippen LogP contribution in [0.4, 0.5) is 5.69 Å². The number of pyridine rings is 1. The third-order valence-corrected chi connectivity index (χ3v) is 2.75. The first-order valence-electron chi connectivity index (χ1n) is 6.00. The standard InChI is InChI=1S/C13H12N6O/c1-19-7-5-10(18-19)13(20)16-11-8-15-17-12(11)9-4-2-3-6-14-9/h2-8H,1H3,(H,15,17)(H,16,20). The number of carbonyl (C=O) groups is 1. The van der Waals surface area contributed by atoms with Gasteiger partial charge in [0.05, 0.1) is 17.6 Å². The summed E-state index contributed by atoms with van der Waals surface area (Å²) >= 11 is 0. The van der Waals surface area contributed by atoms with Gasteiger partial charge in [-0.2, -0.15) is 10.2 Å². The number of carbonyl (C=O) groups excluding carboxylic acids is 1. The summed E-state index contributed by atoms with van der Waals surface area (Å²) in [5.41, 5.74) is 2.29. The Bertz CT molecular complexity index is 730. The molecule has 0 aromatic carbocycles. The van der Waals surface area contributed by atoms with Crippen LogP contribution in [-0.4, -0.2) is 30.9 Å². The van der Waals surface area contributed by atoms with Gasteiger partial charge in [0.15, 0.2) is 5.69 Å². The van der Waals surface area contributed by atoms with Gasteiger partial charge in [0.25, 0.3) is 5.91 Å². The minimum Gasteiger partial charge on any atom is -0.317 e. The number of rotatable bonds is 3. The Kier molecular flexibility index (Phi) is 3.00. The van der Waals surface area contributed by atoms with Crippen LogP contribution >= 0.6 is 0 Å². The van der Waals surface area contributed by atoms with E-state index in [-0.39, 0.29) is 5.91 Å². The lowest BCUT2D eigenvalue weighted by Gasteiger charge is -2.03. The van der Waals surface area contributed by atoms with Gasteiger partial charge in [-0.25, -0.2) is 0 Å². The number of hydrogen-bond acceptors (Lipinski definition) is 4. The molecule has 3 heterocycles. The number of aryl methyl sites for hydroxylation is 1. The van der Waals surface area contributed by atoms with Gasteiger partial charge in [-0.3, -0.25) is 19.6 Å². The van der Waals surface area contributed by atoms with Crippen molar-refractivity contribution in [1.82, 2.24) is 25.0 Å². The number of amides is 1. The van der Waals surface area contributed by atoms with Gasteiger partial charge in [0.2, 0.25) is 0 Å². The Morgan fingerprint density at radius 2 is 2.25 bits per heavy atom. The van der Waals surface area contributed by atoms with Crippen LogP contribution in [-0.2, 0) is 7.05 Å². The van der Waals surface area contributed by atoms with Crippen molar-refractivity contribution in [3.05, 3.63) is 48.5 Å². The number of nitrogens with one attached hydrogen (secondary N) is 2. The molecule has 3 rings (SSSR count). The van der Waals surface area contributed by atoms with E-state index in [1.54, 1.807) is 36.4 Å². The number of nitrogens with zero attached hydrogens (tertiary/aromatic N) is 4. The van der Waals surface area contributed by atoms with E-state index in [0.29, 0.717) is 22.8 Å². The van der Waals surface area contributed by atoms with Crippen LogP contribution in [0, 0.1) is 0 Å². The summed E-state index contributed by atoms with van der Waals surface area (Å²) in [6.45, 7) is 0. The lowest BCUT2D eigenvalue weighted by Crippen LogP contribution is -2.13. The molecule has 20 heavy (non-hydrogen) atoms. The van der Waals surface area contributed by atoms with Crippen LogP contribution in [0.3, 0.4) is 0 Å². The Balaban J connectivity index is 1.86. The molecule has 3 aromatic rings. The Morgan fingerprint density at radius 3 is 2.95 bits per heavy atom. The molecule has 0 aliphatic rings. The summed E-state index contributed by atoms with van der Waals surface area (Å²) in [5.74, 6) is -0.288. The second kappa shape index (κ2) is 4.96. The summed E-state index contributed by atoms with van der Waals surface area (Å²) in [6, 6.07) is 7.18. The molecule has 7 nitrogen and oxygen atoms in total. The molecule has 7 heteroatoms. The van der Waals surface area contributed by atoms with Gasteiger partial charge in [-0.05, 0) is 18.2 Å². The van der Waals surface area contributed by atoms with E-state index in [9.17, 15) is 4.79 Å². The van der Waals surface area contributed by atoms with E-state index in [1.165, 1.54) is 0 Å². The molecular formula is C13H12N6O. The highest BCUT2D eigenvalue weighted by atomic mass is 16.2. The first-order valence-corrected chi connectivity index (χ1v) is 6.00. The Morgan fingerprint density at radius 1 is 1.35 bits per heavy atom. The van der Waals surface area contributed by atoms with Crippen molar-refractivity contribution >= 4 is 11.6 Å². The van der Waals surface area contributed by atoms with Crippen molar-refractivity contribution in [2.75, 3.05) is 5.32 Å². The average molecular weight is 268 g/mol. The van der Waals surface area contributed by atoms with Gasteiger partial charge in [0.1, 0.15) is 5.69 Å². The lowest BCUT2D eigenvalue weighted by molar-refractivity contribution is 0.102. The van der Waals surface area contributed by atoms with Gasteiger partial charge >= 0.3 is 0 Å². The topological polar surface area (TPSA) is 88.5 Å². The van der Waals surface area contributed by atoms with Crippen LogP contribution in [0.25, 0.3) is 11.4 Å². The molecule has 0 aliphatic carbocycles. The highest BCUT2D eigenvalue weighted by Crippen LogP contribution is 2.23. The summed E-state index contributed by atoms with van der Waals surface area (Å²) in [4.78, 5) is 16.3. The van der Waals surface area contributed by atoms with Gasteiger partial charge < -0.3 is 5.32 Å². The van der Waals surface area contributed by atoms with Crippen molar-refractivity contribution in [1.29, 1.82) is 0 Å². The van der Waals surface area contributed by atoms with E-state index in [1.807, 2.05) is 18.2 Å². The fourth-order valence-electron chi connectivity index (χ4n) is 1.81.